The van der Waals surface area contributed by atoms with Crippen LogP contribution in [-0.4, -0.2) is 17.9 Å². The zero-order chi connectivity index (χ0) is 20.3. The van der Waals surface area contributed by atoms with Gasteiger partial charge in [-0.05, 0) is 73.7 Å². The fourth-order valence-corrected chi connectivity index (χ4v) is 8.37. The molecular weight excluding hydrogens is 348 g/mol. The second-order valence-electron chi connectivity index (χ2n) is 10.7. The lowest BCUT2D eigenvalue weighted by atomic mass is 9.42. The number of ether oxygens (including phenoxy) is 1. The number of hydrogen-bond donors (Lipinski definition) is 0. The third-order valence-corrected chi connectivity index (χ3v) is 9.33. The Bertz CT molecular complexity index is 719. The fourth-order valence-electron chi connectivity index (χ4n) is 8.37. The van der Waals surface area contributed by atoms with Crippen LogP contribution in [0.1, 0.15) is 72.6 Å². The lowest BCUT2D eigenvalue weighted by molar-refractivity contribution is -0.165. The Hall–Kier alpha value is -1.34. The molecule has 4 aliphatic carbocycles. The molecule has 0 spiro atoms. The molecule has 4 saturated carbocycles. The van der Waals surface area contributed by atoms with Gasteiger partial charge in [0.05, 0.1) is 0 Å². The molecule has 0 aromatic carbocycles. The van der Waals surface area contributed by atoms with E-state index >= 15 is 0 Å². The number of carbonyl (C=O) groups excluding carboxylic acids is 2. The summed E-state index contributed by atoms with van der Waals surface area (Å²) >= 11 is 0. The van der Waals surface area contributed by atoms with Crippen molar-refractivity contribution in [2.45, 2.75) is 78.7 Å². The number of fused-ring (bicyclic) bond motifs is 5. The van der Waals surface area contributed by atoms with Crippen LogP contribution in [0.5, 0.6) is 0 Å². The lowest BCUT2D eigenvalue weighted by Crippen LogP contribution is -2.57. The second-order valence-corrected chi connectivity index (χ2v) is 10.7. The molecule has 4 aliphatic rings. The molecule has 0 heterocycles. The number of rotatable bonds is 2. The Kier molecular flexibility index (Phi) is 4.90. The lowest BCUT2D eigenvalue weighted by Gasteiger charge is -2.61. The van der Waals surface area contributed by atoms with E-state index in [4.69, 9.17) is 4.74 Å². The highest BCUT2D eigenvalue weighted by Gasteiger charge is 2.64. The first-order valence-electron chi connectivity index (χ1n) is 11.3. The van der Waals surface area contributed by atoms with Gasteiger partial charge in [0.25, 0.3) is 0 Å². The molecular formula is C25H36O3. The summed E-state index contributed by atoms with van der Waals surface area (Å²) in [5, 5.41) is 0. The van der Waals surface area contributed by atoms with E-state index in [0.29, 0.717) is 47.7 Å². The summed E-state index contributed by atoms with van der Waals surface area (Å²) in [4.78, 5) is 24.1. The molecule has 3 nitrogen and oxygen atoms in total. The maximum absolute atomic E-state index is 12.3. The first-order chi connectivity index (χ1) is 13.2. The summed E-state index contributed by atoms with van der Waals surface area (Å²) in [6.45, 7) is 12.5. The average Bonchev–Trinajstić information content (AvgIpc) is 2.88. The van der Waals surface area contributed by atoms with E-state index in [1.807, 2.05) is 0 Å². The third kappa shape index (κ3) is 2.76. The van der Waals surface area contributed by atoms with Gasteiger partial charge in [0.1, 0.15) is 11.9 Å². The predicted molar refractivity (Wildman–Crippen MR) is 109 cm³/mol. The quantitative estimate of drug-likeness (QED) is 0.476. The molecule has 28 heavy (non-hydrogen) atoms. The van der Waals surface area contributed by atoms with Gasteiger partial charge in [0.15, 0.2) is 0 Å². The van der Waals surface area contributed by atoms with Crippen molar-refractivity contribution in [1.29, 1.82) is 0 Å². The van der Waals surface area contributed by atoms with Gasteiger partial charge in [-0.2, -0.15) is 0 Å². The summed E-state index contributed by atoms with van der Waals surface area (Å²) in [6, 6.07) is 0. The molecule has 4 fully saturated rings. The molecule has 0 N–H and O–H groups in total. The van der Waals surface area contributed by atoms with Crippen molar-refractivity contribution in [3.05, 3.63) is 18.4 Å². The van der Waals surface area contributed by atoms with Crippen molar-refractivity contribution in [3.63, 3.8) is 0 Å². The van der Waals surface area contributed by atoms with E-state index < -0.39 is 0 Å². The van der Waals surface area contributed by atoms with E-state index in [9.17, 15) is 9.59 Å². The van der Waals surface area contributed by atoms with Crippen molar-refractivity contribution >= 4 is 11.8 Å². The van der Waals surface area contributed by atoms with Gasteiger partial charge in [0, 0.05) is 30.6 Å². The second kappa shape index (κ2) is 6.87. The molecule has 0 saturated heterocycles. The van der Waals surface area contributed by atoms with Crippen LogP contribution in [0, 0.1) is 46.3 Å². The molecule has 0 bridgehead atoms. The van der Waals surface area contributed by atoms with E-state index in [2.05, 4.69) is 39.2 Å². The minimum absolute atomic E-state index is 0.0443. The van der Waals surface area contributed by atoms with E-state index in [-0.39, 0.29) is 22.9 Å². The number of ketones is 1. The molecule has 4 rings (SSSR count). The molecule has 154 valence electrons. The van der Waals surface area contributed by atoms with Gasteiger partial charge >= 0.3 is 5.97 Å². The Labute approximate surface area is 170 Å². The number of allylic oxidation sites excluding steroid dienone is 1. The van der Waals surface area contributed by atoms with Crippen molar-refractivity contribution in [2.75, 3.05) is 0 Å². The number of carbonyl (C=O) groups is 2. The van der Waals surface area contributed by atoms with Crippen molar-refractivity contribution < 1.29 is 14.3 Å². The predicted octanol–water partition coefficient (Wildman–Crippen LogP) is 5.34. The van der Waals surface area contributed by atoms with E-state index in [0.717, 1.165) is 32.1 Å². The van der Waals surface area contributed by atoms with Crippen LogP contribution in [0.15, 0.2) is 18.4 Å². The van der Waals surface area contributed by atoms with Crippen LogP contribution in [-0.2, 0) is 14.3 Å². The van der Waals surface area contributed by atoms with Crippen molar-refractivity contribution in [2.24, 2.45) is 46.3 Å². The first kappa shape index (κ1) is 20.0. The highest BCUT2D eigenvalue weighted by atomic mass is 16.5. The minimum Gasteiger partial charge on any atom is -0.462 e. The Morgan fingerprint density at radius 1 is 1.18 bits per heavy atom. The Morgan fingerprint density at radius 3 is 2.61 bits per heavy atom. The average molecular weight is 385 g/mol. The SMILES string of the molecule is C=C=C[C@]12CCC(=O)C[C@@H]1[C@H](C)C[C@H]1[C@@H]3C[C@@H](C)[C@H](OC(C)=O)[C@@]3(C)CC[C@@H]12. The standard InChI is InChI=1S/C25H36O3/c1-6-9-25-11-7-18(27)14-21(25)15(2)12-19-20(25)8-10-24(5)22(19)13-16(3)23(24)28-17(4)26/h9,15-16,19-23H,1,7-8,10-14H2,2-5H3/t15-,16-,19-,20+,21-,22+,23+,24+,25-/m1/s1. The topological polar surface area (TPSA) is 43.4 Å². The van der Waals surface area contributed by atoms with Gasteiger partial charge < -0.3 is 4.74 Å². The normalized spacial score (nSPS) is 50.0. The summed E-state index contributed by atoms with van der Waals surface area (Å²) in [5.74, 6) is 3.55. The van der Waals surface area contributed by atoms with Crippen LogP contribution in [0.25, 0.3) is 0 Å². The largest absolute Gasteiger partial charge is 0.462 e. The summed E-state index contributed by atoms with van der Waals surface area (Å²) in [6.07, 6.45) is 9.35. The first-order valence-corrected chi connectivity index (χ1v) is 11.3. The van der Waals surface area contributed by atoms with Crippen LogP contribution in [0.4, 0.5) is 0 Å². The van der Waals surface area contributed by atoms with Crippen LogP contribution < -0.4 is 0 Å². The van der Waals surface area contributed by atoms with Gasteiger partial charge in [-0.25, -0.2) is 0 Å². The van der Waals surface area contributed by atoms with E-state index in [1.165, 1.54) is 6.42 Å². The molecule has 0 aliphatic heterocycles. The third-order valence-electron chi connectivity index (χ3n) is 9.33. The zero-order valence-electron chi connectivity index (χ0n) is 18.0. The number of Topliss-reactive ketones (excluding diaryl/α,β-unsaturated/α-hetero) is 1. The molecule has 0 amide bonds. The molecule has 9 atom stereocenters. The molecule has 0 aromatic heterocycles. The summed E-state index contributed by atoms with van der Waals surface area (Å²) < 4.78 is 5.88. The fraction of sp³-hybridized carbons (Fsp3) is 0.800. The van der Waals surface area contributed by atoms with Crippen molar-refractivity contribution in [1.82, 2.24) is 0 Å². The molecule has 3 heteroatoms. The Morgan fingerprint density at radius 2 is 1.93 bits per heavy atom. The highest BCUT2D eigenvalue weighted by Crippen LogP contribution is 2.68. The highest BCUT2D eigenvalue weighted by molar-refractivity contribution is 5.80. The van der Waals surface area contributed by atoms with E-state index in [1.54, 1.807) is 6.92 Å². The minimum atomic E-state index is -0.144. The number of esters is 1. The van der Waals surface area contributed by atoms with Gasteiger partial charge in [-0.15, -0.1) is 5.73 Å². The van der Waals surface area contributed by atoms with Crippen LogP contribution in [0.3, 0.4) is 0 Å². The Balaban J connectivity index is 1.71. The van der Waals surface area contributed by atoms with Crippen LogP contribution >= 0.6 is 0 Å². The number of hydrogen-bond acceptors (Lipinski definition) is 3. The zero-order valence-corrected chi connectivity index (χ0v) is 18.0. The summed E-state index contributed by atoms with van der Waals surface area (Å²) in [7, 11) is 0. The molecule has 0 radical (unpaired) electrons. The summed E-state index contributed by atoms with van der Waals surface area (Å²) in [5.41, 5.74) is 3.32. The monoisotopic (exact) mass is 384 g/mol. The van der Waals surface area contributed by atoms with Crippen molar-refractivity contribution in [3.8, 4) is 0 Å². The maximum atomic E-state index is 12.3. The smallest absolute Gasteiger partial charge is 0.302 e. The van der Waals surface area contributed by atoms with Crippen LogP contribution in [0.2, 0.25) is 0 Å². The van der Waals surface area contributed by atoms with Gasteiger partial charge in [-0.1, -0.05) is 27.4 Å². The molecule has 0 unspecified atom stereocenters. The maximum Gasteiger partial charge on any atom is 0.302 e. The van der Waals surface area contributed by atoms with Gasteiger partial charge in [0.2, 0.25) is 0 Å². The molecule has 0 aromatic rings. The van der Waals surface area contributed by atoms with Gasteiger partial charge in [-0.3, -0.25) is 9.59 Å².